The molecule has 0 unspecified atom stereocenters. The smallest absolute Gasteiger partial charge is 0.141 e. The third kappa shape index (κ3) is 5.36. The molecule has 0 aliphatic carbocycles. The summed E-state index contributed by atoms with van der Waals surface area (Å²) in [5.41, 5.74) is 3.17. The fourth-order valence-corrected chi connectivity index (χ4v) is 3.63. The highest BCUT2D eigenvalue weighted by Gasteiger charge is 2.10. The normalized spacial score (nSPS) is 10.9. The lowest BCUT2D eigenvalue weighted by Crippen LogP contribution is -2.08. The molecular formula is C24H28N2S. The molecule has 0 atom stereocenters. The number of hydrogen-bond acceptors (Lipinski definition) is 2. The Kier molecular flexibility index (Phi) is 7.35. The molecule has 0 aliphatic heterocycles. The van der Waals surface area contributed by atoms with E-state index < -0.39 is 0 Å². The van der Waals surface area contributed by atoms with E-state index in [1.165, 1.54) is 32.1 Å². The molecule has 0 amide bonds. The van der Waals surface area contributed by atoms with Crippen molar-refractivity contribution >= 4 is 12.2 Å². The molecule has 0 fully saturated rings. The Bertz CT molecular complexity index is 885. The molecule has 1 heterocycles. The molecule has 0 saturated carbocycles. The molecule has 0 saturated heterocycles. The van der Waals surface area contributed by atoms with Gasteiger partial charge >= 0.3 is 0 Å². The van der Waals surface area contributed by atoms with Gasteiger partial charge in [0.15, 0.2) is 0 Å². The van der Waals surface area contributed by atoms with Gasteiger partial charge in [0, 0.05) is 17.7 Å². The van der Waals surface area contributed by atoms with Gasteiger partial charge in [-0.3, -0.25) is 0 Å². The van der Waals surface area contributed by atoms with Gasteiger partial charge in [-0.05, 0) is 12.5 Å². The summed E-state index contributed by atoms with van der Waals surface area (Å²) in [5.74, 6) is 0.968. The van der Waals surface area contributed by atoms with Crippen LogP contribution in [0, 0.1) is 4.64 Å². The molecule has 3 rings (SSSR count). The summed E-state index contributed by atoms with van der Waals surface area (Å²) in [5, 5.41) is 0. The van der Waals surface area contributed by atoms with Crippen molar-refractivity contribution < 1.29 is 0 Å². The van der Waals surface area contributed by atoms with E-state index in [4.69, 9.17) is 17.2 Å². The van der Waals surface area contributed by atoms with Crippen LogP contribution in [0.25, 0.3) is 22.6 Å². The van der Waals surface area contributed by atoms with Crippen LogP contribution in [0.5, 0.6) is 0 Å². The first-order valence-corrected chi connectivity index (χ1v) is 10.4. The van der Waals surface area contributed by atoms with Gasteiger partial charge in [-0.1, -0.05) is 112 Å². The number of nitrogens with zero attached hydrogens (tertiary/aromatic N) is 2. The van der Waals surface area contributed by atoms with Crippen LogP contribution in [-0.2, 0) is 6.54 Å². The van der Waals surface area contributed by atoms with Crippen LogP contribution in [0.15, 0.2) is 66.7 Å². The van der Waals surface area contributed by atoms with Gasteiger partial charge in [0.25, 0.3) is 0 Å². The molecule has 0 bridgehead atoms. The van der Waals surface area contributed by atoms with Gasteiger partial charge in [-0.25, -0.2) is 4.98 Å². The monoisotopic (exact) mass is 376 g/mol. The predicted octanol–water partition coefficient (Wildman–Crippen LogP) is 7.31. The summed E-state index contributed by atoms with van der Waals surface area (Å²) < 4.78 is 3.06. The van der Waals surface area contributed by atoms with Gasteiger partial charge in [0.05, 0.1) is 5.69 Å². The van der Waals surface area contributed by atoms with Crippen LogP contribution in [-0.4, -0.2) is 9.55 Å². The van der Waals surface area contributed by atoms with Crippen LogP contribution in [0.3, 0.4) is 0 Å². The third-order valence-corrected chi connectivity index (χ3v) is 5.18. The highest BCUT2D eigenvalue weighted by Crippen LogP contribution is 2.24. The molecule has 27 heavy (non-hydrogen) atoms. The summed E-state index contributed by atoms with van der Waals surface area (Å²) in [6.45, 7) is 3.18. The minimum Gasteiger partial charge on any atom is -0.317 e. The van der Waals surface area contributed by atoms with E-state index in [-0.39, 0.29) is 0 Å². The van der Waals surface area contributed by atoms with E-state index >= 15 is 0 Å². The number of rotatable bonds is 9. The van der Waals surface area contributed by atoms with Crippen LogP contribution < -0.4 is 0 Å². The summed E-state index contributed by atoms with van der Waals surface area (Å²) >= 11 is 5.77. The largest absolute Gasteiger partial charge is 0.317 e. The summed E-state index contributed by atoms with van der Waals surface area (Å²) in [4.78, 5) is 5.00. The summed E-state index contributed by atoms with van der Waals surface area (Å²) in [6.07, 6.45) is 7.65. The Morgan fingerprint density at radius 3 is 2.04 bits per heavy atom. The second-order valence-electron chi connectivity index (χ2n) is 6.95. The number of hydrogen-bond donors (Lipinski definition) is 0. The maximum Gasteiger partial charge on any atom is 0.141 e. The Balaban J connectivity index is 1.89. The fourth-order valence-electron chi connectivity index (χ4n) is 3.34. The first-order valence-electron chi connectivity index (χ1n) is 10.0. The minimum atomic E-state index is 0.858. The first kappa shape index (κ1) is 19.5. The second kappa shape index (κ2) is 10.2. The molecule has 0 spiro atoms. The molecule has 2 nitrogen and oxygen atoms in total. The Morgan fingerprint density at radius 1 is 0.778 bits per heavy atom. The Morgan fingerprint density at radius 2 is 1.37 bits per heavy atom. The van der Waals surface area contributed by atoms with Gasteiger partial charge in [-0.15, -0.1) is 0 Å². The van der Waals surface area contributed by atoms with Gasteiger partial charge in [0.1, 0.15) is 10.5 Å². The highest BCUT2D eigenvalue weighted by molar-refractivity contribution is 7.71. The molecule has 3 aromatic rings. The standard InChI is InChI=1S/C24H28N2S/c1-2-3-4-5-6-13-18-26-23(27)19-22(20-14-9-7-10-15-20)25-24(26)21-16-11-8-12-17-21/h7-12,14-17,19H,2-6,13,18H2,1H3. The van der Waals surface area contributed by atoms with Crippen molar-refractivity contribution in [3.05, 3.63) is 71.4 Å². The SMILES string of the molecule is CCCCCCCCn1c(-c2ccccc2)nc(-c2ccccc2)cc1=S. The lowest BCUT2D eigenvalue weighted by Gasteiger charge is -2.15. The Labute approximate surface area is 167 Å². The number of benzene rings is 2. The van der Waals surface area contributed by atoms with Crippen molar-refractivity contribution in [1.82, 2.24) is 9.55 Å². The average molecular weight is 377 g/mol. The second-order valence-corrected chi connectivity index (χ2v) is 7.37. The van der Waals surface area contributed by atoms with E-state index in [9.17, 15) is 0 Å². The summed E-state index contributed by atoms with van der Waals surface area (Å²) in [6, 6.07) is 22.7. The van der Waals surface area contributed by atoms with E-state index in [1.807, 2.05) is 30.3 Å². The lowest BCUT2D eigenvalue weighted by molar-refractivity contribution is 0.553. The summed E-state index contributed by atoms with van der Waals surface area (Å²) in [7, 11) is 0. The molecule has 1 aromatic heterocycles. The highest BCUT2D eigenvalue weighted by atomic mass is 32.1. The number of unbranched alkanes of at least 4 members (excludes halogenated alkanes) is 5. The molecule has 0 aliphatic rings. The maximum absolute atomic E-state index is 5.77. The fraction of sp³-hybridized carbons (Fsp3) is 0.333. The van der Waals surface area contributed by atoms with E-state index in [2.05, 4.69) is 47.9 Å². The van der Waals surface area contributed by atoms with Gasteiger partial charge < -0.3 is 4.57 Å². The van der Waals surface area contributed by atoms with Crippen LogP contribution in [0.4, 0.5) is 0 Å². The van der Waals surface area contributed by atoms with Crippen molar-refractivity contribution in [2.75, 3.05) is 0 Å². The maximum atomic E-state index is 5.77. The third-order valence-electron chi connectivity index (χ3n) is 4.85. The first-order chi connectivity index (χ1) is 13.3. The predicted molar refractivity (Wildman–Crippen MR) is 117 cm³/mol. The lowest BCUT2D eigenvalue weighted by atomic mass is 10.1. The van der Waals surface area contributed by atoms with Gasteiger partial charge in [0.2, 0.25) is 0 Å². The van der Waals surface area contributed by atoms with Crippen molar-refractivity contribution in [1.29, 1.82) is 0 Å². The topological polar surface area (TPSA) is 17.8 Å². The van der Waals surface area contributed by atoms with Crippen LogP contribution in [0.1, 0.15) is 45.4 Å². The molecule has 140 valence electrons. The zero-order valence-corrected chi connectivity index (χ0v) is 16.9. The average Bonchev–Trinajstić information content (AvgIpc) is 2.72. The van der Waals surface area contributed by atoms with E-state index in [0.29, 0.717) is 0 Å². The minimum absolute atomic E-state index is 0.858. The molecule has 0 N–H and O–H groups in total. The van der Waals surface area contributed by atoms with E-state index in [0.717, 1.165) is 40.3 Å². The van der Waals surface area contributed by atoms with Crippen molar-refractivity contribution in [2.45, 2.75) is 52.0 Å². The van der Waals surface area contributed by atoms with E-state index in [1.54, 1.807) is 0 Å². The van der Waals surface area contributed by atoms with Crippen molar-refractivity contribution in [3.8, 4) is 22.6 Å². The zero-order valence-electron chi connectivity index (χ0n) is 16.1. The molecule has 0 radical (unpaired) electrons. The van der Waals surface area contributed by atoms with Crippen molar-refractivity contribution in [3.63, 3.8) is 0 Å². The molecular weight excluding hydrogens is 348 g/mol. The zero-order chi connectivity index (χ0) is 18.9. The van der Waals surface area contributed by atoms with Crippen LogP contribution >= 0.6 is 12.2 Å². The molecule has 3 heteroatoms. The van der Waals surface area contributed by atoms with Gasteiger partial charge in [-0.2, -0.15) is 0 Å². The number of aromatic nitrogens is 2. The quantitative estimate of drug-likeness (QED) is 0.288. The molecule has 2 aromatic carbocycles. The van der Waals surface area contributed by atoms with Crippen LogP contribution in [0.2, 0.25) is 0 Å². The Hall–Kier alpha value is -2.26. The van der Waals surface area contributed by atoms with Crippen molar-refractivity contribution in [2.24, 2.45) is 0 Å².